The summed E-state index contributed by atoms with van der Waals surface area (Å²) in [5, 5.41) is 0. The Bertz CT molecular complexity index is 911. The summed E-state index contributed by atoms with van der Waals surface area (Å²) in [4.78, 5) is 25.7. The van der Waals surface area contributed by atoms with Gasteiger partial charge in [-0.15, -0.1) is 0 Å². The molecular weight excluding hydrogens is 471 g/mol. The zero-order valence-electron chi connectivity index (χ0n) is 21.1. The number of benzene rings is 1. The van der Waals surface area contributed by atoms with Crippen molar-refractivity contribution < 1.29 is 22.7 Å². The molecule has 2 aliphatic heterocycles. The molecule has 4 rings (SSSR count). The van der Waals surface area contributed by atoms with E-state index in [0.29, 0.717) is 44.5 Å². The first kappa shape index (κ1) is 27.7. The Labute approximate surface area is 211 Å². The minimum Gasteiger partial charge on any atom is -0.449 e. The van der Waals surface area contributed by atoms with Crippen molar-refractivity contribution in [3.8, 4) is 0 Å². The number of piperidine rings is 1. The quantitative estimate of drug-likeness (QED) is 0.543. The summed E-state index contributed by atoms with van der Waals surface area (Å²) in [5.41, 5.74) is 0.320. The molecule has 2 fully saturated rings. The minimum atomic E-state index is -4.51. The fourth-order valence-corrected chi connectivity index (χ4v) is 4.43. The third-order valence-electron chi connectivity index (χ3n) is 6.50. The van der Waals surface area contributed by atoms with E-state index >= 15 is 0 Å². The van der Waals surface area contributed by atoms with E-state index in [1.165, 1.54) is 5.56 Å². The maximum Gasteiger partial charge on any atom is 0.434 e. The summed E-state index contributed by atoms with van der Waals surface area (Å²) in [7, 11) is 0. The normalized spacial score (nSPS) is 17.4. The maximum atomic E-state index is 12.6. The molecule has 2 aromatic rings. The van der Waals surface area contributed by atoms with Gasteiger partial charge in [0.1, 0.15) is 5.82 Å². The number of alkyl halides is 3. The number of halogens is 3. The van der Waals surface area contributed by atoms with Gasteiger partial charge in [0.05, 0.1) is 19.0 Å². The summed E-state index contributed by atoms with van der Waals surface area (Å²) in [6.07, 6.45) is 0.109. The maximum absolute atomic E-state index is 12.6. The lowest BCUT2D eigenvalue weighted by Crippen LogP contribution is -2.49. The van der Waals surface area contributed by atoms with E-state index in [4.69, 9.17) is 4.74 Å². The van der Waals surface area contributed by atoms with Crippen LogP contribution < -0.4 is 4.90 Å². The highest BCUT2D eigenvalue weighted by Crippen LogP contribution is 2.27. The Kier molecular flexibility index (Phi) is 10.3. The first-order valence-corrected chi connectivity index (χ1v) is 12.7. The third kappa shape index (κ3) is 8.08. The van der Waals surface area contributed by atoms with Crippen molar-refractivity contribution in [2.45, 2.75) is 45.8 Å². The minimum absolute atomic E-state index is 0.334. The van der Waals surface area contributed by atoms with Crippen LogP contribution in [0, 0.1) is 5.92 Å². The molecule has 0 unspecified atom stereocenters. The fourth-order valence-electron chi connectivity index (χ4n) is 4.43. The second-order valence-electron chi connectivity index (χ2n) is 8.84. The van der Waals surface area contributed by atoms with E-state index in [-0.39, 0.29) is 6.09 Å². The SMILES string of the molecule is CC.O=C(OCCC1CCN(Cc2ccccc2)CC1)N1CCN(c2cnc(C(F)(F)F)cn2)CC1. The number of carbonyl (C=O) groups excluding carboxylic acids is 1. The van der Waals surface area contributed by atoms with Crippen LogP contribution in [0.25, 0.3) is 0 Å². The van der Waals surface area contributed by atoms with Crippen LogP contribution in [0.3, 0.4) is 0 Å². The van der Waals surface area contributed by atoms with Gasteiger partial charge in [0.25, 0.3) is 0 Å². The van der Waals surface area contributed by atoms with Gasteiger partial charge in [0, 0.05) is 32.7 Å². The Balaban J connectivity index is 0.00000176. The molecular formula is C26H36F3N5O2. The fraction of sp³-hybridized carbons (Fsp3) is 0.577. The van der Waals surface area contributed by atoms with Gasteiger partial charge in [0.15, 0.2) is 5.69 Å². The van der Waals surface area contributed by atoms with Crippen LogP contribution in [-0.2, 0) is 17.5 Å². The van der Waals surface area contributed by atoms with E-state index in [1.807, 2.05) is 24.8 Å². The summed E-state index contributed by atoms with van der Waals surface area (Å²) >= 11 is 0. The lowest BCUT2D eigenvalue weighted by Gasteiger charge is -2.35. The lowest BCUT2D eigenvalue weighted by molar-refractivity contribution is -0.141. The zero-order chi connectivity index (χ0) is 26.0. The van der Waals surface area contributed by atoms with Crippen LogP contribution in [0.15, 0.2) is 42.7 Å². The molecule has 36 heavy (non-hydrogen) atoms. The van der Waals surface area contributed by atoms with E-state index in [9.17, 15) is 18.0 Å². The van der Waals surface area contributed by atoms with Gasteiger partial charge < -0.3 is 14.5 Å². The monoisotopic (exact) mass is 507 g/mol. The van der Waals surface area contributed by atoms with E-state index in [1.54, 1.807) is 4.90 Å². The first-order valence-electron chi connectivity index (χ1n) is 12.7. The number of amides is 1. The number of rotatable bonds is 6. The second-order valence-corrected chi connectivity index (χ2v) is 8.84. The molecule has 1 aromatic heterocycles. The summed E-state index contributed by atoms with van der Waals surface area (Å²) in [6, 6.07) is 10.5. The molecule has 198 valence electrons. The molecule has 0 saturated carbocycles. The second kappa shape index (κ2) is 13.4. The molecule has 10 heteroatoms. The van der Waals surface area contributed by atoms with Gasteiger partial charge >= 0.3 is 12.3 Å². The van der Waals surface area contributed by atoms with Crippen molar-refractivity contribution in [2.75, 3.05) is 50.8 Å². The Morgan fingerprint density at radius 1 is 0.972 bits per heavy atom. The Morgan fingerprint density at radius 2 is 1.64 bits per heavy atom. The predicted molar refractivity (Wildman–Crippen MR) is 133 cm³/mol. The summed E-state index contributed by atoms with van der Waals surface area (Å²) in [6.45, 7) is 9.30. The average molecular weight is 508 g/mol. The average Bonchev–Trinajstić information content (AvgIpc) is 2.91. The number of likely N-dealkylation sites (tertiary alicyclic amines) is 1. The summed E-state index contributed by atoms with van der Waals surface area (Å²) in [5.74, 6) is 0.939. The van der Waals surface area contributed by atoms with Gasteiger partial charge in [-0.3, -0.25) is 4.90 Å². The molecule has 0 aliphatic carbocycles. The largest absolute Gasteiger partial charge is 0.449 e. The number of hydrogen-bond acceptors (Lipinski definition) is 6. The molecule has 2 saturated heterocycles. The number of nitrogens with zero attached hydrogens (tertiary/aromatic N) is 5. The standard InChI is InChI=1S/C24H30F3N5O2.C2H6/c25-24(26,27)21-16-29-22(17-28-21)31-11-13-32(14-12-31)23(33)34-15-8-19-6-9-30(10-7-19)18-20-4-2-1-3-5-20;1-2/h1-5,16-17,19H,6-15,18H2;1-2H3. The predicted octanol–water partition coefficient (Wildman–Crippen LogP) is 5.08. The number of ether oxygens (including phenoxy) is 1. The highest BCUT2D eigenvalue weighted by atomic mass is 19.4. The van der Waals surface area contributed by atoms with E-state index < -0.39 is 11.9 Å². The van der Waals surface area contributed by atoms with Crippen molar-refractivity contribution >= 4 is 11.9 Å². The van der Waals surface area contributed by atoms with Gasteiger partial charge in [-0.05, 0) is 43.8 Å². The first-order chi connectivity index (χ1) is 17.4. The third-order valence-corrected chi connectivity index (χ3v) is 6.50. The zero-order valence-corrected chi connectivity index (χ0v) is 21.1. The summed E-state index contributed by atoms with van der Waals surface area (Å²) < 4.78 is 43.4. The number of carbonyl (C=O) groups is 1. The van der Waals surface area contributed by atoms with Crippen LogP contribution in [0.1, 0.15) is 44.4 Å². The van der Waals surface area contributed by atoms with Crippen LogP contribution in [0.5, 0.6) is 0 Å². The smallest absolute Gasteiger partial charge is 0.434 e. The van der Waals surface area contributed by atoms with Crippen molar-refractivity contribution in [3.63, 3.8) is 0 Å². The van der Waals surface area contributed by atoms with Crippen molar-refractivity contribution in [1.82, 2.24) is 19.8 Å². The molecule has 7 nitrogen and oxygen atoms in total. The van der Waals surface area contributed by atoms with E-state index in [2.05, 4.69) is 39.1 Å². The van der Waals surface area contributed by atoms with Gasteiger partial charge in [-0.1, -0.05) is 44.2 Å². The number of anilines is 1. The highest BCUT2D eigenvalue weighted by Gasteiger charge is 2.33. The number of hydrogen-bond donors (Lipinski definition) is 0. The van der Waals surface area contributed by atoms with Gasteiger partial charge in [-0.2, -0.15) is 13.2 Å². The number of aromatic nitrogens is 2. The highest BCUT2D eigenvalue weighted by molar-refractivity contribution is 5.68. The van der Waals surface area contributed by atoms with E-state index in [0.717, 1.165) is 51.3 Å². The van der Waals surface area contributed by atoms with Crippen molar-refractivity contribution in [2.24, 2.45) is 5.92 Å². The van der Waals surface area contributed by atoms with Crippen LogP contribution in [0.4, 0.5) is 23.8 Å². The molecule has 1 amide bonds. The number of piperazine rings is 1. The topological polar surface area (TPSA) is 61.8 Å². The van der Waals surface area contributed by atoms with Crippen molar-refractivity contribution in [1.29, 1.82) is 0 Å². The Hall–Kier alpha value is -2.88. The molecule has 2 aliphatic rings. The van der Waals surface area contributed by atoms with Crippen LogP contribution in [0.2, 0.25) is 0 Å². The lowest BCUT2D eigenvalue weighted by atomic mass is 9.93. The molecule has 0 atom stereocenters. The van der Waals surface area contributed by atoms with Crippen LogP contribution in [-0.4, -0.2) is 71.7 Å². The molecule has 3 heterocycles. The molecule has 1 aromatic carbocycles. The van der Waals surface area contributed by atoms with Gasteiger partial charge in [0.2, 0.25) is 0 Å². The molecule has 0 bridgehead atoms. The molecule has 0 spiro atoms. The van der Waals surface area contributed by atoms with Gasteiger partial charge in [-0.25, -0.2) is 14.8 Å². The van der Waals surface area contributed by atoms with Crippen LogP contribution >= 0.6 is 0 Å². The van der Waals surface area contributed by atoms with Crippen molar-refractivity contribution in [3.05, 3.63) is 54.0 Å². The molecule has 0 radical (unpaired) electrons. The molecule has 0 N–H and O–H groups in total. The Morgan fingerprint density at radius 3 is 2.22 bits per heavy atom.